The van der Waals surface area contributed by atoms with Crippen molar-refractivity contribution in [2.75, 3.05) is 18.6 Å². The smallest absolute Gasteiger partial charge is 0.251 e. The summed E-state index contributed by atoms with van der Waals surface area (Å²) in [7, 11) is 1.62. The molecule has 6 nitrogen and oxygen atoms in total. The number of ether oxygens (including phenoxy) is 2. The lowest BCUT2D eigenvalue weighted by molar-refractivity contribution is -0.117. The molecule has 0 radical (unpaired) electrons. The lowest BCUT2D eigenvalue weighted by Gasteiger charge is -2.38. The molecule has 0 spiro atoms. The van der Waals surface area contributed by atoms with Crippen LogP contribution in [0.4, 0.5) is 5.69 Å². The van der Waals surface area contributed by atoms with Crippen molar-refractivity contribution < 1.29 is 19.1 Å². The van der Waals surface area contributed by atoms with Gasteiger partial charge in [0, 0.05) is 42.3 Å². The molecule has 2 aromatic carbocycles. The molecule has 4 rings (SSSR count). The quantitative estimate of drug-likeness (QED) is 0.855. The van der Waals surface area contributed by atoms with E-state index in [2.05, 4.69) is 5.32 Å². The van der Waals surface area contributed by atoms with E-state index in [4.69, 9.17) is 9.47 Å². The Kier molecular flexibility index (Phi) is 4.94. The number of fused-ring (bicyclic) bond motifs is 1. The van der Waals surface area contributed by atoms with Crippen LogP contribution in [0.15, 0.2) is 42.5 Å². The molecule has 29 heavy (non-hydrogen) atoms. The number of carbonyl (C=O) groups is 2. The fourth-order valence-corrected chi connectivity index (χ4v) is 4.07. The number of amides is 2. The fourth-order valence-electron chi connectivity index (χ4n) is 4.07. The molecule has 2 heterocycles. The molecular weight excluding hydrogens is 368 g/mol. The van der Waals surface area contributed by atoms with Crippen LogP contribution in [0.25, 0.3) is 0 Å². The molecule has 2 aromatic rings. The topological polar surface area (TPSA) is 67.9 Å². The average molecular weight is 394 g/mol. The average Bonchev–Trinajstić information content (AvgIpc) is 3.12. The summed E-state index contributed by atoms with van der Waals surface area (Å²) in [5, 5.41) is 3.15. The van der Waals surface area contributed by atoms with Gasteiger partial charge in [0.2, 0.25) is 5.91 Å². The highest BCUT2D eigenvalue weighted by atomic mass is 16.5. The van der Waals surface area contributed by atoms with Gasteiger partial charge in [-0.25, -0.2) is 0 Å². The van der Waals surface area contributed by atoms with Crippen molar-refractivity contribution in [2.45, 2.75) is 44.8 Å². The largest absolute Gasteiger partial charge is 0.497 e. The highest BCUT2D eigenvalue weighted by molar-refractivity contribution is 5.99. The highest BCUT2D eigenvalue weighted by Crippen LogP contribution is 2.41. The van der Waals surface area contributed by atoms with E-state index < -0.39 is 5.60 Å². The van der Waals surface area contributed by atoms with Crippen molar-refractivity contribution in [3.8, 4) is 11.5 Å². The van der Waals surface area contributed by atoms with Crippen LogP contribution in [0.5, 0.6) is 11.5 Å². The number of hydrogen-bond acceptors (Lipinski definition) is 4. The first-order valence-electron chi connectivity index (χ1n) is 9.94. The fraction of sp³-hybridized carbons (Fsp3) is 0.391. The first-order chi connectivity index (χ1) is 13.9. The summed E-state index contributed by atoms with van der Waals surface area (Å²) in [6.45, 7) is 4.72. The molecule has 0 aliphatic carbocycles. The Labute approximate surface area is 170 Å². The van der Waals surface area contributed by atoms with Gasteiger partial charge in [0.25, 0.3) is 5.91 Å². The van der Waals surface area contributed by atoms with E-state index in [0.29, 0.717) is 24.9 Å². The van der Waals surface area contributed by atoms with Crippen LogP contribution in [-0.4, -0.2) is 31.1 Å². The normalized spacial score (nSPS) is 20.0. The van der Waals surface area contributed by atoms with Crippen LogP contribution in [0.1, 0.15) is 55.1 Å². The molecule has 1 fully saturated rings. The molecule has 0 aromatic heterocycles. The van der Waals surface area contributed by atoms with E-state index in [0.717, 1.165) is 29.2 Å². The molecule has 0 saturated carbocycles. The summed E-state index contributed by atoms with van der Waals surface area (Å²) in [5.74, 6) is 1.39. The van der Waals surface area contributed by atoms with Crippen molar-refractivity contribution in [1.82, 2.24) is 5.32 Å². The standard InChI is InChI=1S/C23H26N2O4/c1-23(2)14-19(18-10-9-17(28-3)13-20(18)29-23)24-22(27)15-6-4-7-16(12-15)25-11-5-8-21(25)26/h4,6-7,9-10,12-13,19H,5,8,11,14H2,1-3H3,(H,24,27)/t19-/m1/s1. The maximum Gasteiger partial charge on any atom is 0.251 e. The van der Waals surface area contributed by atoms with Gasteiger partial charge in [0.1, 0.15) is 17.1 Å². The maximum absolute atomic E-state index is 13.0. The van der Waals surface area contributed by atoms with Crippen LogP contribution >= 0.6 is 0 Å². The van der Waals surface area contributed by atoms with Crippen molar-refractivity contribution in [3.05, 3.63) is 53.6 Å². The summed E-state index contributed by atoms with van der Waals surface area (Å²) < 4.78 is 11.4. The van der Waals surface area contributed by atoms with Gasteiger partial charge in [-0.15, -0.1) is 0 Å². The van der Waals surface area contributed by atoms with Crippen LogP contribution in [0, 0.1) is 0 Å². The Morgan fingerprint density at radius 3 is 2.79 bits per heavy atom. The number of anilines is 1. The minimum Gasteiger partial charge on any atom is -0.497 e. The maximum atomic E-state index is 13.0. The number of carbonyl (C=O) groups excluding carboxylic acids is 2. The summed E-state index contributed by atoms with van der Waals surface area (Å²) in [6.07, 6.45) is 2.07. The minimum atomic E-state index is -0.416. The van der Waals surface area contributed by atoms with E-state index >= 15 is 0 Å². The Morgan fingerprint density at radius 1 is 1.24 bits per heavy atom. The second-order valence-electron chi connectivity index (χ2n) is 8.19. The molecule has 0 bridgehead atoms. The van der Waals surface area contributed by atoms with Crippen molar-refractivity contribution in [1.29, 1.82) is 0 Å². The van der Waals surface area contributed by atoms with Crippen LogP contribution in [-0.2, 0) is 4.79 Å². The lowest BCUT2D eigenvalue weighted by Crippen LogP contribution is -2.41. The summed E-state index contributed by atoms with van der Waals surface area (Å²) in [5.41, 5.74) is 1.84. The third-order valence-electron chi connectivity index (χ3n) is 5.48. The Balaban J connectivity index is 1.58. The molecule has 1 saturated heterocycles. The minimum absolute atomic E-state index is 0.108. The third-order valence-corrected chi connectivity index (χ3v) is 5.48. The summed E-state index contributed by atoms with van der Waals surface area (Å²) in [6, 6.07) is 12.8. The second-order valence-corrected chi connectivity index (χ2v) is 8.19. The predicted octanol–water partition coefficient (Wildman–Crippen LogP) is 3.85. The van der Waals surface area contributed by atoms with E-state index in [-0.39, 0.29) is 17.9 Å². The van der Waals surface area contributed by atoms with Gasteiger partial charge in [0.15, 0.2) is 0 Å². The molecule has 6 heteroatoms. The lowest BCUT2D eigenvalue weighted by atomic mass is 9.89. The Morgan fingerprint density at radius 2 is 2.07 bits per heavy atom. The SMILES string of the molecule is COc1ccc2c(c1)OC(C)(C)C[C@H]2NC(=O)c1cccc(N2CCCC2=O)c1. The van der Waals surface area contributed by atoms with Gasteiger partial charge in [-0.3, -0.25) is 9.59 Å². The summed E-state index contributed by atoms with van der Waals surface area (Å²) in [4.78, 5) is 26.8. The second kappa shape index (κ2) is 7.43. The van der Waals surface area contributed by atoms with Gasteiger partial charge in [-0.1, -0.05) is 6.07 Å². The zero-order chi connectivity index (χ0) is 20.6. The van der Waals surface area contributed by atoms with Crippen LogP contribution < -0.4 is 19.7 Å². The Hall–Kier alpha value is -3.02. The number of rotatable bonds is 4. The molecule has 0 unspecified atom stereocenters. The molecule has 1 N–H and O–H groups in total. The zero-order valence-corrected chi connectivity index (χ0v) is 17.0. The van der Waals surface area contributed by atoms with Gasteiger partial charge in [-0.05, 0) is 50.6 Å². The number of nitrogens with one attached hydrogen (secondary N) is 1. The van der Waals surface area contributed by atoms with Crippen LogP contribution in [0.2, 0.25) is 0 Å². The highest BCUT2D eigenvalue weighted by Gasteiger charge is 2.35. The Bertz CT molecular complexity index is 954. The monoisotopic (exact) mass is 394 g/mol. The third kappa shape index (κ3) is 3.92. The molecular formula is C23H26N2O4. The van der Waals surface area contributed by atoms with Crippen LogP contribution in [0.3, 0.4) is 0 Å². The van der Waals surface area contributed by atoms with E-state index in [1.54, 1.807) is 24.1 Å². The van der Waals surface area contributed by atoms with Crippen molar-refractivity contribution in [2.24, 2.45) is 0 Å². The molecule has 2 aliphatic heterocycles. The van der Waals surface area contributed by atoms with Gasteiger partial charge in [0.05, 0.1) is 13.2 Å². The number of nitrogens with zero attached hydrogens (tertiary/aromatic N) is 1. The number of methoxy groups -OCH3 is 1. The first kappa shape index (κ1) is 19.3. The zero-order valence-electron chi connectivity index (χ0n) is 17.0. The van der Waals surface area contributed by atoms with Gasteiger partial charge in [-0.2, -0.15) is 0 Å². The van der Waals surface area contributed by atoms with Gasteiger partial charge >= 0.3 is 0 Å². The predicted molar refractivity (Wildman–Crippen MR) is 111 cm³/mol. The molecule has 2 aliphatic rings. The molecule has 152 valence electrons. The molecule has 1 atom stereocenters. The number of benzene rings is 2. The van der Waals surface area contributed by atoms with E-state index in [9.17, 15) is 9.59 Å². The van der Waals surface area contributed by atoms with Crippen molar-refractivity contribution in [3.63, 3.8) is 0 Å². The van der Waals surface area contributed by atoms with Crippen molar-refractivity contribution >= 4 is 17.5 Å². The van der Waals surface area contributed by atoms with E-state index in [1.807, 2.05) is 44.2 Å². The first-order valence-corrected chi connectivity index (χ1v) is 9.94. The van der Waals surface area contributed by atoms with E-state index in [1.165, 1.54) is 0 Å². The summed E-state index contributed by atoms with van der Waals surface area (Å²) >= 11 is 0. The van der Waals surface area contributed by atoms with Gasteiger partial charge < -0.3 is 19.7 Å². The molecule has 2 amide bonds. The number of hydrogen-bond donors (Lipinski definition) is 1.